The van der Waals surface area contributed by atoms with Crippen LogP contribution in [-0.2, 0) is 25.7 Å². The molecule has 2 rings (SSSR count). The van der Waals surface area contributed by atoms with Crippen LogP contribution in [0.4, 0.5) is 0 Å². The average molecular weight is 420 g/mol. The van der Waals surface area contributed by atoms with Crippen LogP contribution in [0.5, 0.6) is 0 Å². The molecule has 3 atom stereocenters. The minimum absolute atomic E-state index is 0.163. The number of ether oxygens (including phenoxy) is 1. The van der Waals surface area contributed by atoms with Gasteiger partial charge in [-0.05, 0) is 44.7 Å². The maximum absolute atomic E-state index is 12.8. The summed E-state index contributed by atoms with van der Waals surface area (Å²) in [5, 5.41) is 12.4. The van der Waals surface area contributed by atoms with Crippen LogP contribution >= 0.6 is 0 Å². The molecule has 1 saturated heterocycles. The first-order valence-corrected chi connectivity index (χ1v) is 10.6. The summed E-state index contributed by atoms with van der Waals surface area (Å²) in [4.78, 5) is 38.3. The van der Waals surface area contributed by atoms with Gasteiger partial charge < -0.3 is 20.5 Å². The number of nitrogens with one attached hydrogen (secondary N) is 1. The lowest BCUT2D eigenvalue weighted by Crippen LogP contribution is -2.53. The number of likely N-dealkylation sites (tertiary alicyclic amines) is 1. The number of esters is 1. The Bertz CT molecular complexity index is 697. The molecule has 1 unspecified atom stereocenters. The van der Waals surface area contributed by atoms with E-state index in [1.54, 1.807) is 6.92 Å². The number of carbonyl (C=O) groups excluding carboxylic acids is 2. The first-order valence-electron chi connectivity index (χ1n) is 10.6. The normalized spacial score (nSPS) is 18.1. The molecular formula is C22H33N3O5. The number of carboxylic acid groups (broad SMARTS) is 1. The summed E-state index contributed by atoms with van der Waals surface area (Å²) in [6, 6.07) is 7.27. The molecule has 1 amide bonds. The van der Waals surface area contributed by atoms with Gasteiger partial charge in [-0.15, -0.1) is 0 Å². The lowest BCUT2D eigenvalue weighted by Gasteiger charge is -2.28. The van der Waals surface area contributed by atoms with Crippen molar-refractivity contribution in [1.29, 1.82) is 0 Å². The van der Waals surface area contributed by atoms with Crippen LogP contribution in [0.25, 0.3) is 0 Å². The van der Waals surface area contributed by atoms with Crippen molar-refractivity contribution in [2.45, 2.75) is 70.2 Å². The van der Waals surface area contributed by atoms with Crippen molar-refractivity contribution < 1.29 is 24.2 Å². The summed E-state index contributed by atoms with van der Waals surface area (Å²) in [6.07, 6.45) is 4.17. The monoisotopic (exact) mass is 419 g/mol. The number of aliphatic carboxylic acids is 1. The van der Waals surface area contributed by atoms with Gasteiger partial charge in [-0.1, -0.05) is 43.2 Å². The second-order valence-electron chi connectivity index (χ2n) is 7.70. The van der Waals surface area contributed by atoms with E-state index in [9.17, 15) is 19.5 Å². The van der Waals surface area contributed by atoms with Gasteiger partial charge in [-0.3, -0.25) is 14.9 Å². The Labute approximate surface area is 177 Å². The predicted molar refractivity (Wildman–Crippen MR) is 113 cm³/mol. The van der Waals surface area contributed by atoms with Crippen molar-refractivity contribution in [3.8, 4) is 0 Å². The SMILES string of the molecule is C[C@H](NC(CCCCCN)C(=O)OCc1ccccc1)C(=O)N1CCC[C@H]1C(=O)O. The third-order valence-corrected chi connectivity index (χ3v) is 5.35. The molecule has 4 N–H and O–H groups in total. The smallest absolute Gasteiger partial charge is 0.326 e. The molecule has 166 valence electrons. The van der Waals surface area contributed by atoms with Crippen molar-refractivity contribution in [2.24, 2.45) is 5.73 Å². The molecule has 0 spiro atoms. The zero-order valence-electron chi connectivity index (χ0n) is 17.6. The van der Waals surface area contributed by atoms with Gasteiger partial charge in [0.1, 0.15) is 18.7 Å². The fourth-order valence-corrected chi connectivity index (χ4v) is 3.68. The number of unbranched alkanes of at least 4 members (excludes halogenated alkanes) is 2. The molecule has 0 saturated carbocycles. The number of hydrogen-bond acceptors (Lipinski definition) is 6. The molecule has 1 heterocycles. The van der Waals surface area contributed by atoms with Crippen LogP contribution in [0.2, 0.25) is 0 Å². The number of carbonyl (C=O) groups is 3. The highest BCUT2D eigenvalue weighted by atomic mass is 16.5. The van der Waals surface area contributed by atoms with Gasteiger partial charge in [0, 0.05) is 6.54 Å². The van der Waals surface area contributed by atoms with E-state index in [0.29, 0.717) is 32.4 Å². The third kappa shape index (κ3) is 7.11. The summed E-state index contributed by atoms with van der Waals surface area (Å²) in [5.41, 5.74) is 6.43. The summed E-state index contributed by atoms with van der Waals surface area (Å²) in [7, 11) is 0. The van der Waals surface area contributed by atoms with Crippen molar-refractivity contribution in [3.63, 3.8) is 0 Å². The van der Waals surface area contributed by atoms with Gasteiger partial charge in [0.05, 0.1) is 6.04 Å². The lowest BCUT2D eigenvalue weighted by atomic mass is 10.1. The molecule has 8 nitrogen and oxygen atoms in total. The molecule has 0 bridgehead atoms. The van der Waals surface area contributed by atoms with E-state index >= 15 is 0 Å². The average Bonchev–Trinajstić information content (AvgIpc) is 3.24. The zero-order chi connectivity index (χ0) is 21.9. The highest BCUT2D eigenvalue weighted by molar-refractivity contribution is 5.88. The number of nitrogens with zero attached hydrogens (tertiary/aromatic N) is 1. The first-order chi connectivity index (χ1) is 14.4. The van der Waals surface area contributed by atoms with Gasteiger partial charge in [0.15, 0.2) is 0 Å². The highest BCUT2D eigenvalue weighted by Crippen LogP contribution is 2.19. The van der Waals surface area contributed by atoms with Crippen LogP contribution in [0.3, 0.4) is 0 Å². The van der Waals surface area contributed by atoms with Gasteiger partial charge in [-0.25, -0.2) is 4.79 Å². The van der Waals surface area contributed by atoms with E-state index in [2.05, 4.69) is 5.32 Å². The fourth-order valence-electron chi connectivity index (χ4n) is 3.68. The molecule has 1 aromatic carbocycles. The predicted octanol–water partition coefficient (Wildman–Crippen LogP) is 1.67. The van der Waals surface area contributed by atoms with E-state index in [1.165, 1.54) is 4.90 Å². The fraction of sp³-hybridized carbons (Fsp3) is 0.591. The Balaban J connectivity index is 1.97. The van der Waals surface area contributed by atoms with Crippen LogP contribution in [0.15, 0.2) is 30.3 Å². The first kappa shape index (κ1) is 23.8. The Hall–Kier alpha value is -2.45. The molecule has 1 aromatic rings. The molecule has 1 fully saturated rings. The summed E-state index contributed by atoms with van der Waals surface area (Å²) in [6.45, 7) is 2.84. The van der Waals surface area contributed by atoms with Crippen LogP contribution in [0, 0.1) is 0 Å². The van der Waals surface area contributed by atoms with E-state index in [1.807, 2.05) is 30.3 Å². The second-order valence-corrected chi connectivity index (χ2v) is 7.70. The summed E-state index contributed by atoms with van der Waals surface area (Å²) < 4.78 is 5.47. The van der Waals surface area contributed by atoms with Crippen LogP contribution < -0.4 is 11.1 Å². The zero-order valence-corrected chi connectivity index (χ0v) is 17.6. The maximum atomic E-state index is 12.8. The largest absolute Gasteiger partial charge is 0.480 e. The molecule has 8 heteroatoms. The highest BCUT2D eigenvalue weighted by Gasteiger charge is 2.36. The Morgan fingerprint density at radius 2 is 1.97 bits per heavy atom. The number of carboxylic acids is 1. The van der Waals surface area contributed by atoms with Gasteiger partial charge in [-0.2, -0.15) is 0 Å². The van der Waals surface area contributed by atoms with Gasteiger partial charge in [0.2, 0.25) is 5.91 Å². The van der Waals surface area contributed by atoms with Gasteiger partial charge >= 0.3 is 11.9 Å². The summed E-state index contributed by atoms with van der Waals surface area (Å²) in [5.74, 6) is -1.71. The van der Waals surface area contributed by atoms with E-state index in [0.717, 1.165) is 24.8 Å². The number of amides is 1. The van der Waals surface area contributed by atoms with Crippen LogP contribution in [-0.4, -0.2) is 59.1 Å². The van der Waals surface area contributed by atoms with Crippen LogP contribution in [0.1, 0.15) is 51.0 Å². The Kier molecular flexibility index (Phi) is 9.76. The summed E-state index contributed by atoms with van der Waals surface area (Å²) >= 11 is 0. The van der Waals surface area contributed by atoms with Gasteiger partial charge in [0.25, 0.3) is 0 Å². The maximum Gasteiger partial charge on any atom is 0.326 e. The molecule has 0 aromatic heterocycles. The van der Waals surface area contributed by atoms with E-state index < -0.39 is 30.1 Å². The number of rotatable bonds is 12. The minimum atomic E-state index is -0.992. The standard InChI is InChI=1S/C22H33N3O5/c1-16(20(26)25-14-8-12-19(25)21(27)28)24-18(11-6-3-7-13-23)22(29)30-15-17-9-4-2-5-10-17/h2,4-5,9-10,16,18-19,24H,3,6-8,11-15,23H2,1H3,(H,27,28)/t16-,18?,19-/m0/s1. The lowest BCUT2D eigenvalue weighted by molar-refractivity contribution is -0.151. The molecule has 0 radical (unpaired) electrons. The third-order valence-electron chi connectivity index (χ3n) is 5.35. The van der Waals surface area contributed by atoms with Crippen molar-refractivity contribution in [3.05, 3.63) is 35.9 Å². The second kappa shape index (κ2) is 12.3. The number of nitrogens with two attached hydrogens (primary N) is 1. The number of hydrogen-bond donors (Lipinski definition) is 3. The van der Waals surface area contributed by atoms with Crippen molar-refractivity contribution in [1.82, 2.24) is 10.2 Å². The number of benzene rings is 1. The van der Waals surface area contributed by atoms with E-state index in [-0.39, 0.29) is 12.5 Å². The molecule has 30 heavy (non-hydrogen) atoms. The van der Waals surface area contributed by atoms with Crippen molar-refractivity contribution in [2.75, 3.05) is 13.1 Å². The molecular weight excluding hydrogens is 386 g/mol. The van der Waals surface area contributed by atoms with E-state index in [4.69, 9.17) is 10.5 Å². The molecule has 0 aliphatic carbocycles. The minimum Gasteiger partial charge on any atom is -0.480 e. The Morgan fingerprint density at radius 1 is 1.23 bits per heavy atom. The van der Waals surface area contributed by atoms with Crippen molar-refractivity contribution >= 4 is 17.8 Å². The topological polar surface area (TPSA) is 122 Å². The quantitative estimate of drug-likeness (QED) is 0.348. The Morgan fingerprint density at radius 3 is 2.63 bits per heavy atom. The molecule has 1 aliphatic rings. The molecule has 1 aliphatic heterocycles.